The summed E-state index contributed by atoms with van der Waals surface area (Å²) < 4.78 is 5.58. The van der Waals surface area contributed by atoms with Crippen LogP contribution in [0.1, 0.15) is 24.0 Å². The van der Waals surface area contributed by atoms with Crippen molar-refractivity contribution >= 4 is 0 Å². The van der Waals surface area contributed by atoms with Crippen LogP contribution in [0.2, 0.25) is 0 Å². The second-order valence-electron chi connectivity index (χ2n) is 5.70. The molecule has 0 fully saturated rings. The lowest BCUT2D eigenvalue weighted by atomic mass is 9.92. The second-order valence-corrected chi connectivity index (χ2v) is 5.70. The van der Waals surface area contributed by atoms with Gasteiger partial charge in [0.25, 0.3) is 0 Å². The summed E-state index contributed by atoms with van der Waals surface area (Å²) in [6, 6.07) is 28.3. The van der Waals surface area contributed by atoms with E-state index in [-0.39, 0.29) is 0 Å². The molecule has 0 aromatic heterocycles. The fraction of sp³-hybridized carbons (Fsp3) is 0.182. The molecule has 0 atom stereocenters. The monoisotopic (exact) mass is 302 g/mol. The number of aryl methyl sites for hydroxylation is 2. The van der Waals surface area contributed by atoms with E-state index < -0.39 is 0 Å². The molecule has 0 radical (unpaired) electrons. The maximum Gasteiger partial charge on any atom is 0.127 e. The van der Waals surface area contributed by atoms with Crippen molar-refractivity contribution in [3.63, 3.8) is 0 Å². The highest BCUT2D eigenvalue weighted by atomic mass is 16.5. The molecule has 0 heterocycles. The molecule has 0 saturated carbocycles. The predicted molar refractivity (Wildman–Crippen MR) is 96.0 cm³/mol. The number of hydrogen-bond acceptors (Lipinski definition) is 1. The average Bonchev–Trinajstić information content (AvgIpc) is 2.64. The van der Waals surface area contributed by atoms with E-state index >= 15 is 0 Å². The Bertz CT molecular complexity index is 642. The quantitative estimate of drug-likeness (QED) is 0.560. The maximum atomic E-state index is 5.58. The van der Waals surface area contributed by atoms with Gasteiger partial charge in [0.15, 0.2) is 0 Å². The Kier molecular flexibility index (Phi) is 5.47. The summed E-state index contributed by atoms with van der Waals surface area (Å²) >= 11 is 0. The van der Waals surface area contributed by atoms with Gasteiger partial charge in [-0.25, -0.2) is 0 Å². The number of fused-ring (bicyclic) bond motifs is 1. The van der Waals surface area contributed by atoms with E-state index in [1.54, 1.807) is 11.1 Å². The first kappa shape index (κ1) is 15.4. The van der Waals surface area contributed by atoms with Crippen molar-refractivity contribution in [2.24, 2.45) is 0 Å². The Balaban J connectivity index is 0.000000140. The molecule has 4 rings (SSSR count). The lowest BCUT2D eigenvalue weighted by Gasteiger charge is -2.13. The Morgan fingerprint density at radius 3 is 1.30 bits per heavy atom. The standard InChI is InChI=1S/C12H10O.C10H12/c1-3-7-11(8-4-1)13-12-9-5-2-6-10-12;1-2-6-10-8-4-3-7-9(10)5-1/h1-10H;1-2,5-6H,3-4,7-8H2. The predicted octanol–water partition coefficient (Wildman–Crippen LogP) is 6.04. The van der Waals surface area contributed by atoms with Gasteiger partial charge in [-0.3, -0.25) is 0 Å². The maximum absolute atomic E-state index is 5.58. The van der Waals surface area contributed by atoms with Crippen LogP contribution in [-0.4, -0.2) is 0 Å². The first-order chi connectivity index (χ1) is 11.4. The summed E-state index contributed by atoms with van der Waals surface area (Å²) in [5.41, 5.74) is 3.16. The Hall–Kier alpha value is -2.54. The average molecular weight is 302 g/mol. The van der Waals surface area contributed by atoms with Gasteiger partial charge < -0.3 is 4.74 Å². The van der Waals surface area contributed by atoms with Crippen LogP contribution in [0.4, 0.5) is 0 Å². The van der Waals surface area contributed by atoms with E-state index in [0.717, 1.165) is 11.5 Å². The van der Waals surface area contributed by atoms with Gasteiger partial charge in [0, 0.05) is 0 Å². The lowest BCUT2D eigenvalue weighted by molar-refractivity contribution is 0.482. The minimum Gasteiger partial charge on any atom is -0.457 e. The molecule has 0 N–H and O–H groups in total. The molecular formula is C22H22O. The van der Waals surface area contributed by atoms with Gasteiger partial charge in [0.05, 0.1) is 0 Å². The molecular weight excluding hydrogens is 280 g/mol. The van der Waals surface area contributed by atoms with E-state index in [0.29, 0.717) is 0 Å². The summed E-state index contributed by atoms with van der Waals surface area (Å²) in [5.74, 6) is 1.74. The zero-order chi connectivity index (χ0) is 15.7. The highest BCUT2D eigenvalue weighted by Gasteiger charge is 2.06. The molecule has 0 bridgehead atoms. The summed E-state index contributed by atoms with van der Waals surface area (Å²) in [6.07, 6.45) is 5.38. The molecule has 1 aliphatic rings. The van der Waals surface area contributed by atoms with Crippen molar-refractivity contribution in [3.8, 4) is 11.5 Å². The number of ether oxygens (including phenoxy) is 1. The molecule has 0 saturated heterocycles. The molecule has 1 nitrogen and oxygen atoms in total. The van der Waals surface area contributed by atoms with Crippen LogP contribution in [0.15, 0.2) is 84.9 Å². The van der Waals surface area contributed by atoms with Crippen molar-refractivity contribution in [1.82, 2.24) is 0 Å². The Morgan fingerprint density at radius 1 is 0.478 bits per heavy atom. The molecule has 116 valence electrons. The fourth-order valence-corrected chi connectivity index (χ4v) is 2.79. The molecule has 23 heavy (non-hydrogen) atoms. The number of para-hydroxylation sites is 2. The van der Waals surface area contributed by atoms with E-state index in [4.69, 9.17) is 4.74 Å². The number of benzene rings is 3. The van der Waals surface area contributed by atoms with Gasteiger partial charge in [0.1, 0.15) is 11.5 Å². The van der Waals surface area contributed by atoms with Gasteiger partial charge in [-0.05, 0) is 61.1 Å². The van der Waals surface area contributed by atoms with E-state index in [9.17, 15) is 0 Å². The zero-order valence-electron chi connectivity index (χ0n) is 13.3. The van der Waals surface area contributed by atoms with E-state index in [2.05, 4.69) is 24.3 Å². The number of rotatable bonds is 2. The topological polar surface area (TPSA) is 9.23 Å². The van der Waals surface area contributed by atoms with Gasteiger partial charge >= 0.3 is 0 Å². The summed E-state index contributed by atoms with van der Waals surface area (Å²) in [7, 11) is 0. The first-order valence-electron chi connectivity index (χ1n) is 8.26. The third kappa shape index (κ3) is 4.72. The largest absolute Gasteiger partial charge is 0.457 e. The van der Waals surface area contributed by atoms with Crippen molar-refractivity contribution in [2.45, 2.75) is 25.7 Å². The second kappa shape index (κ2) is 8.19. The normalized spacial score (nSPS) is 12.5. The number of hydrogen-bond donors (Lipinski definition) is 0. The minimum absolute atomic E-state index is 0.869. The molecule has 0 unspecified atom stereocenters. The summed E-state index contributed by atoms with van der Waals surface area (Å²) in [6.45, 7) is 0. The van der Waals surface area contributed by atoms with Gasteiger partial charge in [-0.1, -0.05) is 60.7 Å². The van der Waals surface area contributed by atoms with Gasteiger partial charge in [-0.2, -0.15) is 0 Å². The van der Waals surface area contributed by atoms with Gasteiger partial charge in [0.2, 0.25) is 0 Å². The molecule has 1 aliphatic carbocycles. The molecule has 0 aliphatic heterocycles. The highest BCUT2D eigenvalue weighted by Crippen LogP contribution is 2.20. The zero-order valence-corrected chi connectivity index (χ0v) is 13.3. The van der Waals surface area contributed by atoms with Crippen LogP contribution in [0.25, 0.3) is 0 Å². The van der Waals surface area contributed by atoms with Crippen molar-refractivity contribution < 1.29 is 4.74 Å². The van der Waals surface area contributed by atoms with Crippen LogP contribution >= 0.6 is 0 Å². The minimum atomic E-state index is 0.869. The van der Waals surface area contributed by atoms with Gasteiger partial charge in [-0.15, -0.1) is 0 Å². The molecule has 3 aromatic rings. The molecule has 1 heteroatoms. The molecule has 0 amide bonds. The SMILES string of the molecule is c1ccc(Oc2ccccc2)cc1.c1ccc2c(c1)CCCC2. The van der Waals surface area contributed by atoms with Crippen LogP contribution in [0.5, 0.6) is 11.5 Å². The molecule has 3 aromatic carbocycles. The van der Waals surface area contributed by atoms with Crippen LogP contribution < -0.4 is 4.74 Å². The Morgan fingerprint density at radius 2 is 0.870 bits per heavy atom. The van der Waals surface area contributed by atoms with E-state index in [1.165, 1.54) is 25.7 Å². The van der Waals surface area contributed by atoms with E-state index in [1.807, 2.05) is 60.7 Å². The summed E-state index contributed by atoms with van der Waals surface area (Å²) in [5, 5.41) is 0. The lowest BCUT2D eigenvalue weighted by Crippen LogP contribution is -2.00. The first-order valence-corrected chi connectivity index (χ1v) is 8.26. The van der Waals surface area contributed by atoms with Crippen LogP contribution in [0.3, 0.4) is 0 Å². The fourth-order valence-electron chi connectivity index (χ4n) is 2.79. The third-order valence-electron chi connectivity index (χ3n) is 3.98. The third-order valence-corrected chi connectivity index (χ3v) is 3.98. The van der Waals surface area contributed by atoms with Crippen molar-refractivity contribution in [1.29, 1.82) is 0 Å². The molecule has 0 spiro atoms. The van der Waals surface area contributed by atoms with Crippen molar-refractivity contribution in [2.75, 3.05) is 0 Å². The van der Waals surface area contributed by atoms with Crippen LogP contribution in [-0.2, 0) is 12.8 Å². The van der Waals surface area contributed by atoms with Crippen molar-refractivity contribution in [3.05, 3.63) is 96.1 Å². The summed E-state index contributed by atoms with van der Waals surface area (Å²) in [4.78, 5) is 0. The smallest absolute Gasteiger partial charge is 0.127 e. The Labute approximate surface area is 138 Å². The van der Waals surface area contributed by atoms with Crippen LogP contribution in [0, 0.1) is 0 Å². The highest BCUT2D eigenvalue weighted by molar-refractivity contribution is 5.30.